The van der Waals surface area contributed by atoms with Gasteiger partial charge in [-0.3, -0.25) is 4.79 Å². The monoisotopic (exact) mass is 242 g/mol. The quantitative estimate of drug-likeness (QED) is 0.843. The molecule has 0 unspecified atom stereocenters. The molecule has 0 bridgehead atoms. The lowest BCUT2D eigenvalue weighted by Crippen LogP contribution is -2.15. The molecule has 0 aliphatic carbocycles. The number of aryl methyl sites for hydroxylation is 1. The average molecular weight is 242 g/mol. The number of nitrogens with one attached hydrogen (secondary N) is 1. The minimum absolute atomic E-state index is 0.226. The number of carbonyl (C=O) groups excluding carboxylic acids is 1. The Labute approximate surface area is 105 Å². The molecule has 92 valence electrons. The summed E-state index contributed by atoms with van der Waals surface area (Å²) in [5.41, 5.74) is 8.35. The highest BCUT2D eigenvalue weighted by Crippen LogP contribution is 2.20. The van der Waals surface area contributed by atoms with Crippen molar-refractivity contribution in [3.63, 3.8) is 0 Å². The number of nitrogens with zero attached hydrogens (tertiary/aromatic N) is 2. The number of amides is 1. The summed E-state index contributed by atoms with van der Waals surface area (Å²) in [5, 5.41) is 10.5. The molecule has 0 atom stereocenters. The Balaban J connectivity index is 2.26. The molecule has 1 heterocycles. The standard InChI is InChI=1S/C13H14N4O/c1-8-11(14)9(2)16-17-12(8)15-13(18)10-6-4-3-5-7-10/h3-7H,1-2H3,(H3,14,15,17,18). The van der Waals surface area contributed by atoms with Crippen molar-refractivity contribution in [2.75, 3.05) is 11.1 Å². The first-order chi connectivity index (χ1) is 8.59. The van der Waals surface area contributed by atoms with Crippen LogP contribution >= 0.6 is 0 Å². The molecule has 2 rings (SSSR count). The molecule has 3 N–H and O–H groups in total. The van der Waals surface area contributed by atoms with Gasteiger partial charge < -0.3 is 11.1 Å². The zero-order chi connectivity index (χ0) is 13.1. The van der Waals surface area contributed by atoms with Gasteiger partial charge in [-0.05, 0) is 26.0 Å². The molecule has 0 spiro atoms. The van der Waals surface area contributed by atoms with Gasteiger partial charge in [-0.15, -0.1) is 5.10 Å². The second kappa shape index (κ2) is 4.83. The van der Waals surface area contributed by atoms with E-state index in [1.54, 1.807) is 38.1 Å². The van der Waals surface area contributed by atoms with E-state index < -0.39 is 0 Å². The van der Waals surface area contributed by atoms with E-state index in [2.05, 4.69) is 15.5 Å². The van der Waals surface area contributed by atoms with Gasteiger partial charge in [0.15, 0.2) is 5.82 Å². The van der Waals surface area contributed by atoms with Gasteiger partial charge in [0.1, 0.15) is 0 Å². The van der Waals surface area contributed by atoms with Crippen LogP contribution < -0.4 is 11.1 Å². The molecule has 5 heteroatoms. The fourth-order valence-corrected chi connectivity index (χ4v) is 1.54. The summed E-state index contributed by atoms with van der Waals surface area (Å²) < 4.78 is 0. The maximum atomic E-state index is 11.9. The normalized spacial score (nSPS) is 10.1. The van der Waals surface area contributed by atoms with E-state index in [4.69, 9.17) is 5.73 Å². The van der Waals surface area contributed by atoms with Crippen molar-refractivity contribution in [2.24, 2.45) is 0 Å². The van der Waals surface area contributed by atoms with Crippen LogP contribution in [-0.2, 0) is 0 Å². The average Bonchev–Trinajstić information content (AvgIpc) is 2.40. The smallest absolute Gasteiger partial charge is 0.256 e. The molecule has 0 aliphatic heterocycles. The summed E-state index contributed by atoms with van der Waals surface area (Å²) in [5.74, 6) is 0.170. The molecule has 0 saturated carbocycles. The van der Waals surface area contributed by atoms with Crippen molar-refractivity contribution in [1.82, 2.24) is 10.2 Å². The van der Waals surface area contributed by atoms with Gasteiger partial charge in [0.2, 0.25) is 0 Å². The molecule has 1 aromatic heterocycles. The Hall–Kier alpha value is -2.43. The number of aromatic nitrogens is 2. The van der Waals surface area contributed by atoms with Gasteiger partial charge in [-0.1, -0.05) is 18.2 Å². The van der Waals surface area contributed by atoms with Gasteiger partial charge in [-0.25, -0.2) is 0 Å². The zero-order valence-electron chi connectivity index (χ0n) is 10.3. The van der Waals surface area contributed by atoms with E-state index in [1.807, 2.05) is 6.07 Å². The summed E-state index contributed by atoms with van der Waals surface area (Å²) in [4.78, 5) is 11.9. The molecule has 0 saturated heterocycles. The van der Waals surface area contributed by atoms with Crippen LogP contribution in [-0.4, -0.2) is 16.1 Å². The molecular weight excluding hydrogens is 228 g/mol. The SMILES string of the molecule is Cc1nnc(NC(=O)c2ccccc2)c(C)c1N. The van der Waals surface area contributed by atoms with Crippen molar-refractivity contribution in [3.05, 3.63) is 47.2 Å². The third-order valence-electron chi connectivity index (χ3n) is 2.72. The van der Waals surface area contributed by atoms with Crippen LogP contribution in [0.1, 0.15) is 21.6 Å². The molecule has 0 radical (unpaired) electrons. The predicted molar refractivity (Wildman–Crippen MR) is 70.3 cm³/mol. The molecular formula is C13H14N4O. The topological polar surface area (TPSA) is 80.9 Å². The summed E-state index contributed by atoms with van der Waals surface area (Å²) in [7, 11) is 0. The molecule has 1 amide bonds. The maximum absolute atomic E-state index is 11.9. The highest BCUT2D eigenvalue weighted by molar-refractivity contribution is 6.04. The molecule has 1 aromatic carbocycles. The van der Waals surface area contributed by atoms with Gasteiger partial charge in [-0.2, -0.15) is 5.10 Å². The molecule has 0 aliphatic rings. The molecule has 0 fully saturated rings. The number of nitrogens with two attached hydrogens (primary N) is 1. The van der Waals surface area contributed by atoms with Crippen LogP contribution in [0, 0.1) is 13.8 Å². The third-order valence-corrected chi connectivity index (χ3v) is 2.72. The van der Waals surface area contributed by atoms with E-state index >= 15 is 0 Å². The minimum Gasteiger partial charge on any atom is -0.397 e. The maximum Gasteiger partial charge on any atom is 0.256 e. The van der Waals surface area contributed by atoms with Crippen molar-refractivity contribution in [1.29, 1.82) is 0 Å². The lowest BCUT2D eigenvalue weighted by molar-refractivity contribution is 0.102. The Kier molecular flexibility index (Phi) is 3.23. The summed E-state index contributed by atoms with van der Waals surface area (Å²) >= 11 is 0. The first-order valence-corrected chi connectivity index (χ1v) is 5.55. The van der Waals surface area contributed by atoms with E-state index in [1.165, 1.54) is 0 Å². The van der Waals surface area contributed by atoms with E-state index in [0.29, 0.717) is 22.8 Å². The third kappa shape index (κ3) is 2.29. The van der Waals surface area contributed by atoms with Crippen LogP contribution in [0.5, 0.6) is 0 Å². The summed E-state index contributed by atoms with van der Waals surface area (Å²) in [6.45, 7) is 3.58. The lowest BCUT2D eigenvalue weighted by Gasteiger charge is -2.09. The van der Waals surface area contributed by atoms with Crippen molar-refractivity contribution < 1.29 is 4.79 Å². The first-order valence-electron chi connectivity index (χ1n) is 5.55. The Morgan fingerprint density at radius 2 is 1.83 bits per heavy atom. The largest absolute Gasteiger partial charge is 0.397 e. The van der Waals surface area contributed by atoms with Crippen LogP contribution in [0.4, 0.5) is 11.5 Å². The van der Waals surface area contributed by atoms with Gasteiger partial charge in [0, 0.05) is 11.1 Å². The van der Waals surface area contributed by atoms with Crippen molar-refractivity contribution >= 4 is 17.4 Å². The number of hydrogen-bond acceptors (Lipinski definition) is 4. The summed E-state index contributed by atoms with van der Waals surface area (Å²) in [6, 6.07) is 8.92. The van der Waals surface area contributed by atoms with Crippen molar-refractivity contribution in [2.45, 2.75) is 13.8 Å². The van der Waals surface area contributed by atoms with Gasteiger partial charge in [0.05, 0.1) is 11.4 Å². The fraction of sp³-hybridized carbons (Fsp3) is 0.154. The van der Waals surface area contributed by atoms with Crippen molar-refractivity contribution in [3.8, 4) is 0 Å². The number of hydrogen-bond donors (Lipinski definition) is 2. The highest BCUT2D eigenvalue weighted by atomic mass is 16.1. The van der Waals surface area contributed by atoms with Crippen LogP contribution in [0.2, 0.25) is 0 Å². The van der Waals surface area contributed by atoms with Gasteiger partial charge in [0.25, 0.3) is 5.91 Å². The molecule has 5 nitrogen and oxygen atoms in total. The molecule has 18 heavy (non-hydrogen) atoms. The van der Waals surface area contributed by atoms with E-state index in [9.17, 15) is 4.79 Å². The first kappa shape index (κ1) is 12.0. The van der Waals surface area contributed by atoms with E-state index in [-0.39, 0.29) is 5.91 Å². The number of nitrogen functional groups attached to an aromatic ring is 1. The van der Waals surface area contributed by atoms with E-state index in [0.717, 1.165) is 5.56 Å². The second-order valence-electron chi connectivity index (χ2n) is 3.99. The highest BCUT2D eigenvalue weighted by Gasteiger charge is 2.11. The zero-order valence-corrected chi connectivity index (χ0v) is 10.3. The Bertz CT molecular complexity index is 581. The second-order valence-corrected chi connectivity index (χ2v) is 3.99. The Morgan fingerprint density at radius 1 is 1.17 bits per heavy atom. The Morgan fingerprint density at radius 3 is 2.50 bits per heavy atom. The van der Waals surface area contributed by atoms with Crippen LogP contribution in [0.3, 0.4) is 0 Å². The van der Waals surface area contributed by atoms with Crippen LogP contribution in [0.25, 0.3) is 0 Å². The number of rotatable bonds is 2. The fourth-order valence-electron chi connectivity index (χ4n) is 1.54. The number of benzene rings is 1. The van der Waals surface area contributed by atoms with Gasteiger partial charge >= 0.3 is 0 Å². The molecule has 2 aromatic rings. The number of anilines is 2. The summed E-state index contributed by atoms with van der Waals surface area (Å²) in [6.07, 6.45) is 0. The minimum atomic E-state index is -0.226. The van der Waals surface area contributed by atoms with Crippen LogP contribution in [0.15, 0.2) is 30.3 Å². The number of carbonyl (C=O) groups is 1. The lowest BCUT2D eigenvalue weighted by atomic mass is 10.2. The predicted octanol–water partition coefficient (Wildman–Crippen LogP) is 1.93.